The van der Waals surface area contributed by atoms with Gasteiger partial charge in [0.2, 0.25) is 0 Å². The smallest absolute Gasteiger partial charge is 0.407 e. The summed E-state index contributed by atoms with van der Waals surface area (Å²) in [5, 5.41) is 9.30. The van der Waals surface area contributed by atoms with Crippen molar-refractivity contribution in [3.8, 4) is 11.3 Å². The Kier molecular flexibility index (Phi) is 4.59. The number of nitrogens with zero attached hydrogens (tertiary/aromatic N) is 2. The Morgan fingerprint density at radius 1 is 1.26 bits per heavy atom. The Balaban J connectivity index is 1.44. The third-order valence-electron chi connectivity index (χ3n) is 5.78. The van der Waals surface area contributed by atoms with Gasteiger partial charge in [0.15, 0.2) is 0 Å². The Hall–Kier alpha value is -2.83. The first-order chi connectivity index (χ1) is 13.1. The van der Waals surface area contributed by atoms with Crippen molar-refractivity contribution in [2.75, 3.05) is 13.7 Å². The average Bonchev–Trinajstić information content (AvgIpc) is 3.30. The number of hydrogen-bond acceptors (Lipinski definition) is 4. The van der Waals surface area contributed by atoms with Gasteiger partial charge in [-0.2, -0.15) is 0 Å². The molecule has 1 atom stereocenters. The number of ether oxygens (including phenoxy) is 1. The van der Waals surface area contributed by atoms with E-state index in [1.165, 1.54) is 17.6 Å². The highest BCUT2D eigenvalue weighted by atomic mass is 16.5. The van der Waals surface area contributed by atoms with E-state index in [0.29, 0.717) is 18.3 Å². The van der Waals surface area contributed by atoms with Crippen LogP contribution in [0.2, 0.25) is 0 Å². The molecule has 4 rings (SSSR count). The van der Waals surface area contributed by atoms with Crippen LogP contribution in [0.5, 0.6) is 0 Å². The quantitative estimate of drug-likeness (QED) is 0.804. The summed E-state index contributed by atoms with van der Waals surface area (Å²) in [7, 11) is 1.43. The first kappa shape index (κ1) is 17.6. The van der Waals surface area contributed by atoms with Gasteiger partial charge in [-0.3, -0.25) is 9.69 Å². The number of likely N-dealkylation sites (tertiary alicyclic amines) is 1. The first-order valence-electron chi connectivity index (χ1n) is 9.29. The van der Waals surface area contributed by atoms with Gasteiger partial charge >= 0.3 is 12.1 Å². The molecule has 1 aliphatic carbocycles. The topological polar surface area (TPSA) is 95.5 Å². The zero-order valence-corrected chi connectivity index (χ0v) is 15.2. The van der Waals surface area contributed by atoms with Gasteiger partial charge in [0.1, 0.15) is 5.82 Å². The lowest BCUT2D eigenvalue weighted by Crippen LogP contribution is -2.29. The summed E-state index contributed by atoms with van der Waals surface area (Å²) in [4.78, 5) is 32.0. The molecule has 1 aromatic carbocycles. The molecule has 1 unspecified atom stereocenters. The van der Waals surface area contributed by atoms with Crippen LogP contribution in [-0.2, 0) is 9.53 Å². The number of benzene rings is 1. The van der Waals surface area contributed by atoms with E-state index in [2.05, 4.69) is 22.1 Å². The van der Waals surface area contributed by atoms with Crippen LogP contribution in [0.15, 0.2) is 30.5 Å². The standard InChI is InChI=1S/C20H23N3O4/c1-27-19(24)15-9-14(10-15)12-4-6-13(7-5-12)16-11-21-18(22-16)17-3-2-8-23(17)20(25)26/h4-7,11,14-15,17H,2-3,8-10H2,1H3,(H,21,22)(H,25,26). The number of H-pyrrole nitrogens is 1. The number of methoxy groups -OCH3 is 1. The van der Waals surface area contributed by atoms with Crippen molar-refractivity contribution in [2.24, 2.45) is 5.92 Å². The van der Waals surface area contributed by atoms with Crippen molar-refractivity contribution in [3.63, 3.8) is 0 Å². The highest BCUT2D eigenvalue weighted by Gasteiger charge is 2.36. The summed E-state index contributed by atoms with van der Waals surface area (Å²) in [5.41, 5.74) is 3.13. The van der Waals surface area contributed by atoms with E-state index < -0.39 is 6.09 Å². The van der Waals surface area contributed by atoms with E-state index in [4.69, 9.17) is 4.74 Å². The molecule has 2 heterocycles. The molecule has 7 heteroatoms. The molecule has 2 aliphatic rings. The van der Waals surface area contributed by atoms with E-state index in [1.54, 1.807) is 6.20 Å². The lowest BCUT2D eigenvalue weighted by atomic mass is 9.71. The van der Waals surface area contributed by atoms with E-state index in [-0.39, 0.29) is 17.9 Å². The maximum atomic E-state index is 11.5. The third kappa shape index (κ3) is 3.29. The number of hydrogen-bond donors (Lipinski definition) is 2. The van der Waals surface area contributed by atoms with Crippen LogP contribution in [0.1, 0.15) is 49.0 Å². The lowest BCUT2D eigenvalue weighted by Gasteiger charge is -2.33. The largest absolute Gasteiger partial charge is 0.469 e. The van der Waals surface area contributed by atoms with Crippen LogP contribution in [0.3, 0.4) is 0 Å². The predicted octanol–water partition coefficient (Wildman–Crippen LogP) is 3.56. The number of amides is 1. The molecule has 0 bridgehead atoms. The number of esters is 1. The van der Waals surface area contributed by atoms with Crippen LogP contribution in [-0.4, -0.2) is 45.7 Å². The minimum Gasteiger partial charge on any atom is -0.469 e. The number of aromatic nitrogens is 2. The van der Waals surface area contributed by atoms with Crippen molar-refractivity contribution in [3.05, 3.63) is 41.9 Å². The zero-order chi connectivity index (χ0) is 19.0. The van der Waals surface area contributed by atoms with Gasteiger partial charge in [0.05, 0.1) is 31.0 Å². The van der Waals surface area contributed by atoms with Crippen LogP contribution in [0.4, 0.5) is 4.79 Å². The lowest BCUT2D eigenvalue weighted by molar-refractivity contribution is -0.148. The normalized spacial score (nSPS) is 24.5. The number of rotatable bonds is 4. The Labute approximate surface area is 157 Å². The molecule has 2 fully saturated rings. The van der Waals surface area contributed by atoms with Crippen molar-refractivity contribution < 1.29 is 19.4 Å². The monoisotopic (exact) mass is 369 g/mol. The van der Waals surface area contributed by atoms with Crippen molar-refractivity contribution in [2.45, 2.75) is 37.6 Å². The minimum atomic E-state index is -0.898. The predicted molar refractivity (Wildman–Crippen MR) is 98.2 cm³/mol. The van der Waals surface area contributed by atoms with Crippen molar-refractivity contribution >= 4 is 12.1 Å². The van der Waals surface area contributed by atoms with E-state index in [0.717, 1.165) is 36.9 Å². The van der Waals surface area contributed by atoms with E-state index in [1.807, 2.05) is 12.1 Å². The summed E-state index contributed by atoms with van der Waals surface area (Å²) < 4.78 is 4.79. The average molecular weight is 369 g/mol. The molecule has 1 aromatic heterocycles. The van der Waals surface area contributed by atoms with Gasteiger partial charge < -0.3 is 14.8 Å². The maximum Gasteiger partial charge on any atom is 0.407 e. The molecular weight excluding hydrogens is 346 g/mol. The molecule has 1 amide bonds. The fraction of sp³-hybridized carbons (Fsp3) is 0.450. The molecule has 7 nitrogen and oxygen atoms in total. The number of carbonyl (C=O) groups excluding carboxylic acids is 1. The number of aromatic amines is 1. The summed E-state index contributed by atoms with van der Waals surface area (Å²) in [5.74, 6) is 1.02. The number of carbonyl (C=O) groups is 2. The number of imidazole rings is 1. The molecule has 0 spiro atoms. The highest BCUT2D eigenvalue weighted by molar-refractivity contribution is 5.73. The Morgan fingerprint density at radius 2 is 2.00 bits per heavy atom. The fourth-order valence-corrected chi connectivity index (χ4v) is 4.12. The van der Waals surface area contributed by atoms with Crippen LogP contribution < -0.4 is 0 Å². The fourth-order valence-electron chi connectivity index (χ4n) is 4.12. The van der Waals surface area contributed by atoms with Gasteiger partial charge in [0, 0.05) is 6.54 Å². The Bertz CT molecular complexity index is 839. The van der Waals surface area contributed by atoms with Gasteiger partial charge in [-0.1, -0.05) is 24.3 Å². The van der Waals surface area contributed by atoms with Gasteiger partial charge in [0.25, 0.3) is 0 Å². The number of carboxylic acid groups (broad SMARTS) is 1. The third-order valence-corrected chi connectivity index (χ3v) is 5.78. The van der Waals surface area contributed by atoms with E-state index >= 15 is 0 Å². The zero-order valence-electron chi connectivity index (χ0n) is 15.2. The molecule has 1 aliphatic heterocycles. The molecule has 2 N–H and O–H groups in total. The van der Waals surface area contributed by atoms with Gasteiger partial charge in [-0.15, -0.1) is 0 Å². The molecule has 1 saturated carbocycles. The molecule has 1 saturated heterocycles. The maximum absolute atomic E-state index is 11.5. The van der Waals surface area contributed by atoms with Gasteiger partial charge in [-0.25, -0.2) is 9.78 Å². The molecule has 2 aromatic rings. The highest BCUT2D eigenvalue weighted by Crippen LogP contribution is 2.42. The number of nitrogens with one attached hydrogen (secondary N) is 1. The summed E-state index contributed by atoms with van der Waals surface area (Å²) in [6.07, 6.45) is 4.20. The van der Waals surface area contributed by atoms with Crippen LogP contribution in [0.25, 0.3) is 11.3 Å². The first-order valence-corrected chi connectivity index (χ1v) is 9.29. The minimum absolute atomic E-state index is 0.0263. The van der Waals surface area contributed by atoms with Crippen molar-refractivity contribution in [1.29, 1.82) is 0 Å². The summed E-state index contributed by atoms with van der Waals surface area (Å²) in [6, 6.07) is 8.07. The molecule has 27 heavy (non-hydrogen) atoms. The molecule has 0 radical (unpaired) electrons. The van der Waals surface area contributed by atoms with Crippen LogP contribution >= 0.6 is 0 Å². The van der Waals surface area contributed by atoms with Crippen LogP contribution in [0, 0.1) is 5.92 Å². The Morgan fingerprint density at radius 3 is 2.67 bits per heavy atom. The van der Waals surface area contributed by atoms with Crippen molar-refractivity contribution in [1.82, 2.24) is 14.9 Å². The molecular formula is C20H23N3O4. The molecule has 142 valence electrons. The summed E-state index contributed by atoms with van der Waals surface area (Å²) >= 11 is 0. The SMILES string of the molecule is COC(=O)C1CC(c2ccc(-c3cnc(C4CCCN4C(=O)O)[nH]3)cc2)C1. The summed E-state index contributed by atoms with van der Waals surface area (Å²) in [6.45, 7) is 0.554. The second kappa shape index (κ2) is 7.06. The second-order valence-electron chi connectivity index (χ2n) is 7.33. The van der Waals surface area contributed by atoms with E-state index in [9.17, 15) is 14.7 Å². The second-order valence-corrected chi connectivity index (χ2v) is 7.33. The van der Waals surface area contributed by atoms with Gasteiger partial charge in [-0.05, 0) is 42.7 Å².